The fourth-order valence-electron chi connectivity index (χ4n) is 4.19. The predicted octanol–water partition coefficient (Wildman–Crippen LogP) is 2.51. The van der Waals surface area contributed by atoms with Gasteiger partial charge in [0, 0.05) is 5.92 Å². The van der Waals surface area contributed by atoms with Crippen LogP contribution in [0.2, 0.25) is 0 Å². The monoisotopic (exact) mass is 415 g/mol. The average Bonchev–Trinajstić information content (AvgIpc) is 3.21. The van der Waals surface area contributed by atoms with Crippen LogP contribution in [0.3, 0.4) is 0 Å². The van der Waals surface area contributed by atoms with E-state index in [1.54, 1.807) is 0 Å². The molecule has 2 aromatic carbocycles. The maximum absolute atomic E-state index is 12.7. The van der Waals surface area contributed by atoms with Crippen molar-refractivity contribution in [2.24, 2.45) is 0 Å². The van der Waals surface area contributed by atoms with Gasteiger partial charge in [0.1, 0.15) is 13.2 Å². The van der Waals surface area contributed by atoms with Crippen molar-refractivity contribution >= 4 is 21.9 Å². The molecule has 8 heteroatoms. The fraction of sp³-hybridized carbons (Fsp3) is 0.333. The summed E-state index contributed by atoms with van der Waals surface area (Å²) >= 11 is 0. The van der Waals surface area contributed by atoms with Crippen LogP contribution in [0, 0.1) is 0 Å². The van der Waals surface area contributed by atoms with Gasteiger partial charge in [-0.1, -0.05) is 48.5 Å². The minimum absolute atomic E-state index is 0.0511. The van der Waals surface area contributed by atoms with E-state index in [1.807, 2.05) is 48.5 Å². The Morgan fingerprint density at radius 3 is 2.14 bits per heavy atom. The quantitative estimate of drug-likeness (QED) is 0.805. The van der Waals surface area contributed by atoms with Crippen molar-refractivity contribution in [3.63, 3.8) is 0 Å². The zero-order chi connectivity index (χ0) is 20.6. The van der Waals surface area contributed by atoms with Gasteiger partial charge in [-0.25, -0.2) is 13.2 Å². The summed E-state index contributed by atoms with van der Waals surface area (Å²) in [6.45, 7) is -0.528. The summed E-state index contributed by atoms with van der Waals surface area (Å²) in [5, 5.41) is 9.16. The lowest BCUT2D eigenvalue weighted by Gasteiger charge is -2.26. The van der Waals surface area contributed by atoms with Gasteiger partial charge in [0.2, 0.25) is 0 Å². The maximum atomic E-state index is 12.7. The summed E-state index contributed by atoms with van der Waals surface area (Å²) in [4.78, 5) is 25.0. The SMILES string of the molecule is O=C(O)CN(C(=O)OCC1c2ccccc2-c2ccccc21)[C@@H]1CCS(=O)(=O)C1. The lowest BCUT2D eigenvalue weighted by molar-refractivity contribution is -0.138. The number of hydrogen-bond donors (Lipinski definition) is 1. The number of amides is 1. The number of aliphatic carboxylic acids is 1. The van der Waals surface area contributed by atoms with Crippen LogP contribution < -0.4 is 0 Å². The standard InChI is InChI=1S/C21H21NO6S/c23-20(24)11-22(14-9-10-29(26,27)13-14)21(25)28-12-19-17-7-3-1-5-15(17)16-6-2-4-8-18(16)19/h1-8,14,19H,9-13H2,(H,23,24)/t14-/m1/s1. The summed E-state index contributed by atoms with van der Waals surface area (Å²) in [6, 6.07) is 15.1. The Balaban J connectivity index is 1.53. The molecular weight excluding hydrogens is 394 g/mol. The van der Waals surface area contributed by atoms with E-state index in [9.17, 15) is 18.0 Å². The summed E-state index contributed by atoms with van der Waals surface area (Å²) in [5.41, 5.74) is 4.28. The summed E-state index contributed by atoms with van der Waals surface area (Å²) in [5.74, 6) is -1.64. The molecule has 1 fully saturated rings. The molecule has 152 valence electrons. The smallest absolute Gasteiger partial charge is 0.410 e. The molecule has 1 aliphatic heterocycles. The minimum atomic E-state index is -3.26. The van der Waals surface area contributed by atoms with E-state index < -0.39 is 34.5 Å². The van der Waals surface area contributed by atoms with Crippen molar-refractivity contribution in [3.05, 3.63) is 59.7 Å². The van der Waals surface area contributed by atoms with Crippen molar-refractivity contribution in [2.45, 2.75) is 18.4 Å². The van der Waals surface area contributed by atoms with E-state index in [2.05, 4.69) is 0 Å². The Kier molecular flexibility index (Phi) is 5.04. The highest BCUT2D eigenvalue weighted by molar-refractivity contribution is 7.91. The number of carboxylic acid groups (broad SMARTS) is 1. The average molecular weight is 415 g/mol. The van der Waals surface area contributed by atoms with Gasteiger partial charge in [-0.2, -0.15) is 0 Å². The molecule has 0 radical (unpaired) electrons. The number of carbonyl (C=O) groups excluding carboxylic acids is 1. The molecule has 2 aromatic rings. The molecule has 1 aliphatic carbocycles. The van der Waals surface area contributed by atoms with Crippen LogP contribution in [-0.4, -0.2) is 61.2 Å². The van der Waals surface area contributed by atoms with E-state index in [0.717, 1.165) is 27.2 Å². The van der Waals surface area contributed by atoms with Crippen LogP contribution in [0.1, 0.15) is 23.5 Å². The second-order valence-electron chi connectivity index (χ2n) is 7.38. The van der Waals surface area contributed by atoms with Gasteiger partial charge in [-0.15, -0.1) is 0 Å². The van der Waals surface area contributed by atoms with Gasteiger partial charge in [-0.3, -0.25) is 9.69 Å². The van der Waals surface area contributed by atoms with Gasteiger partial charge in [-0.05, 0) is 28.7 Å². The molecule has 2 aliphatic rings. The molecule has 1 amide bonds. The highest BCUT2D eigenvalue weighted by Gasteiger charge is 2.37. The van der Waals surface area contributed by atoms with Crippen molar-refractivity contribution in [1.29, 1.82) is 0 Å². The van der Waals surface area contributed by atoms with E-state index in [4.69, 9.17) is 9.84 Å². The maximum Gasteiger partial charge on any atom is 0.410 e. The number of benzene rings is 2. The lowest BCUT2D eigenvalue weighted by Crippen LogP contribution is -2.44. The molecule has 1 heterocycles. The zero-order valence-electron chi connectivity index (χ0n) is 15.7. The van der Waals surface area contributed by atoms with E-state index in [1.165, 1.54) is 0 Å². The lowest BCUT2D eigenvalue weighted by atomic mass is 9.98. The van der Waals surface area contributed by atoms with Crippen LogP contribution in [0.25, 0.3) is 11.1 Å². The van der Waals surface area contributed by atoms with Crippen molar-refractivity contribution in [2.75, 3.05) is 24.7 Å². The molecule has 1 N–H and O–H groups in total. The number of carbonyl (C=O) groups is 2. The Morgan fingerprint density at radius 1 is 1.03 bits per heavy atom. The van der Waals surface area contributed by atoms with Crippen LogP contribution >= 0.6 is 0 Å². The summed E-state index contributed by atoms with van der Waals surface area (Å²) in [6.07, 6.45) is -0.573. The second kappa shape index (κ2) is 7.51. The molecule has 0 saturated carbocycles. The zero-order valence-corrected chi connectivity index (χ0v) is 16.5. The molecular formula is C21H21NO6S. The van der Waals surface area contributed by atoms with Gasteiger partial charge in [0.15, 0.2) is 9.84 Å². The molecule has 1 atom stereocenters. The molecule has 0 bridgehead atoms. The van der Waals surface area contributed by atoms with Crippen LogP contribution in [0.5, 0.6) is 0 Å². The molecule has 4 rings (SSSR count). The van der Waals surface area contributed by atoms with E-state index in [0.29, 0.717) is 0 Å². The van der Waals surface area contributed by atoms with E-state index >= 15 is 0 Å². The normalized spacial score (nSPS) is 19.4. The molecule has 0 spiro atoms. The first kappa shape index (κ1) is 19.4. The Labute approximate surface area is 168 Å². The van der Waals surface area contributed by atoms with E-state index in [-0.39, 0.29) is 30.5 Å². The molecule has 7 nitrogen and oxygen atoms in total. The molecule has 0 aromatic heterocycles. The molecule has 0 unspecified atom stereocenters. The number of nitrogens with zero attached hydrogens (tertiary/aromatic N) is 1. The van der Waals surface area contributed by atoms with Crippen LogP contribution in [-0.2, 0) is 19.4 Å². The first-order chi connectivity index (χ1) is 13.9. The fourth-order valence-corrected chi connectivity index (χ4v) is 5.92. The molecule has 1 saturated heterocycles. The number of fused-ring (bicyclic) bond motifs is 3. The summed E-state index contributed by atoms with van der Waals surface area (Å²) < 4.78 is 29.1. The first-order valence-electron chi connectivity index (χ1n) is 9.39. The predicted molar refractivity (Wildman–Crippen MR) is 106 cm³/mol. The Hall–Kier alpha value is -2.87. The van der Waals surface area contributed by atoms with Gasteiger partial charge in [0.05, 0.1) is 17.5 Å². The number of carboxylic acids is 1. The van der Waals surface area contributed by atoms with Gasteiger partial charge >= 0.3 is 12.1 Å². The van der Waals surface area contributed by atoms with Crippen molar-refractivity contribution in [3.8, 4) is 11.1 Å². The van der Waals surface area contributed by atoms with Gasteiger partial charge in [0.25, 0.3) is 0 Å². The Bertz CT molecular complexity index is 1020. The van der Waals surface area contributed by atoms with Crippen LogP contribution in [0.15, 0.2) is 48.5 Å². The van der Waals surface area contributed by atoms with Gasteiger partial charge < -0.3 is 9.84 Å². The Morgan fingerprint density at radius 2 is 1.62 bits per heavy atom. The number of rotatable bonds is 5. The largest absolute Gasteiger partial charge is 0.480 e. The summed E-state index contributed by atoms with van der Waals surface area (Å²) in [7, 11) is -3.26. The number of sulfone groups is 1. The van der Waals surface area contributed by atoms with Crippen molar-refractivity contribution in [1.82, 2.24) is 4.90 Å². The highest BCUT2D eigenvalue weighted by Crippen LogP contribution is 2.44. The molecule has 29 heavy (non-hydrogen) atoms. The highest BCUT2D eigenvalue weighted by atomic mass is 32.2. The minimum Gasteiger partial charge on any atom is -0.480 e. The second-order valence-corrected chi connectivity index (χ2v) is 9.61. The number of ether oxygens (including phenoxy) is 1. The van der Waals surface area contributed by atoms with Crippen LogP contribution in [0.4, 0.5) is 4.79 Å². The topological polar surface area (TPSA) is 101 Å². The third-order valence-electron chi connectivity index (χ3n) is 5.53. The first-order valence-corrected chi connectivity index (χ1v) is 11.2. The van der Waals surface area contributed by atoms with Crippen molar-refractivity contribution < 1.29 is 27.9 Å². The number of hydrogen-bond acceptors (Lipinski definition) is 5. The third kappa shape index (κ3) is 3.85. The third-order valence-corrected chi connectivity index (χ3v) is 7.28.